The molecule has 0 saturated carbocycles. The average molecular weight is 250 g/mol. The van der Waals surface area contributed by atoms with Crippen molar-refractivity contribution in [2.45, 2.75) is 39.5 Å². The van der Waals surface area contributed by atoms with E-state index < -0.39 is 13.0 Å². The van der Waals surface area contributed by atoms with Crippen molar-refractivity contribution in [3.8, 4) is 0 Å². The van der Waals surface area contributed by atoms with E-state index in [1.165, 1.54) is 7.05 Å². The van der Waals surface area contributed by atoms with Crippen LogP contribution < -0.4 is 5.73 Å². The Bertz CT molecular complexity index is 223. The Balaban J connectivity index is 4.03. The molecule has 0 saturated heterocycles. The topological polar surface area (TPSA) is 46.3 Å². The molecule has 0 heterocycles. The van der Waals surface area contributed by atoms with Crippen LogP contribution in [0, 0.1) is 11.8 Å². The molecular formula is C12H24F2N2O. The normalized spacial score (nSPS) is 13.2. The molecule has 0 aliphatic heterocycles. The number of carbonyl (C=O) groups excluding carboxylic acids is 1. The fourth-order valence-electron chi connectivity index (χ4n) is 1.83. The summed E-state index contributed by atoms with van der Waals surface area (Å²) in [7, 11) is 1.42. The van der Waals surface area contributed by atoms with Gasteiger partial charge in [0.2, 0.25) is 5.91 Å². The molecule has 1 atom stereocenters. The van der Waals surface area contributed by atoms with E-state index in [9.17, 15) is 13.6 Å². The number of carbonyl (C=O) groups is 1. The minimum atomic E-state index is -2.46. The smallest absolute Gasteiger partial charge is 0.255 e. The van der Waals surface area contributed by atoms with E-state index in [-0.39, 0.29) is 5.91 Å². The van der Waals surface area contributed by atoms with Gasteiger partial charge in [-0.1, -0.05) is 13.8 Å². The maximum atomic E-state index is 12.1. The number of hydrogen-bond acceptors (Lipinski definition) is 2. The molecule has 3 nitrogen and oxygen atoms in total. The first-order chi connectivity index (χ1) is 7.88. The van der Waals surface area contributed by atoms with Gasteiger partial charge in [-0.15, -0.1) is 0 Å². The van der Waals surface area contributed by atoms with Crippen LogP contribution in [0.4, 0.5) is 8.78 Å². The van der Waals surface area contributed by atoms with Gasteiger partial charge in [-0.25, -0.2) is 8.78 Å². The van der Waals surface area contributed by atoms with Crippen LogP contribution in [0.5, 0.6) is 0 Å². The molecule has 2 N–H and O–H groups in total. The largest absolute Gasteiger partial charge is 0.340 e. The van der Waals surface area contributed by atoms with Crippen molar-refractivity contribution in [3.05, 3.63) is 0 Å². The molecular weight excluding hydrogens is 226 g/mol. The SMILES string of the molecule is CC(C)C(CCN)CCC(=O)N(C)CC(F)F. The lowest BCUT2D eigenvalue weighted by atomic mass is 9.88. The molecule has 0 aromatic carbocycles. The summed E-state index contributed by atoms with van der Waals surface area (Å²) in [5.41, 5.74) is 5.50. The second-order valence-corrected chi connectivity index (χ2v) is 4.79. The number of halogens is 2. The Morgan fingerprint density at radius 3 is 2.29 bits per heavy atom. The predicted molar refractivity (Wildman–Crippen MR) is 64.9 cm³/mol. The van der Waals surface area contributed by atoms with Gasteiger partial charge in [-0.3, -0.25) is 4.79 Å². The summed E-state index contributed by atoms with van der Waals surface area (Å²) < 4.78 is 24.2. The molecule has 0 aliphatic carbocycles. The summed E-state index contributed by atoms with van der Waals surface area (Å²) in [4.78, 5) is 12.7. The van der Waals surface area contributed by atoms with Gasteiger partial charge < -0.3 is 10.6 Å². The van der Waals surface area contributed by atoms with E-state index in [1.807, 2.05) is 0 Å². The fraction of sp³-hybridized carbons (Fsp3) is 0.917. The van der Waals surface area contributed by atoms with E-state index in [0.29, 0.717) is 24.8 Å². The van der Waals surface area contributed by atoms with Gasteiger partial charge in [0.05, 0.1) is 6.54 Å². The number of nitrogens with two attached hydrogens (primary N) is 1. The van der Waals surface area contributed by atoms with Crippen molar-refractivity contribution in [2.75, 3.05) is 20.1 Å². The third-order valence-electron chi connectivity index (χ3n) is 3.05. The quantitative estimate of drug-likeness (QED) is 0.717. The van der Waals surface area contributed by atoms with Gasteiger partial charge in [0, 0.05) is 13.5 Å². The Morgan fingerprint density at radius 2 is 1.88 bits per heavy atom. The zero-order chi connectivity index (χ0) is 13.4. The number of hydrogen-bond donors (Lipinski definition) is 1. The van der Waals surface area contributed by atoms with E-state index in [0.717, 1.165) is 17.7 Å². The predicted octanol–water partition coefficient (Wildman–Crippen LogP) is 2.11. The maximum absolute atomic E-state index is 12.1. The van der Waals surface area contributed by atoms with Crippen molar-refractivity contribution < 1.29 is 13.6 Å². The third kappa shape index (κ3) is 7.26. The summed E-state index contributed by atoms with van der Waals surface area (Å²) in [6, 6.07) is 0. The van der Waals surface area contributed by atoms with Gasteiger partial charge >= 0.3 is 0 Å². The van der Waals surface area contributed by atoms with Crippen LogP contribution in [0.15, 0.2) is 0 Å². The average Bonchev–Trinajstić information content (AvgIpc) is 2.22. The van der Waals surface area contributed by atoms with Crippen LogP contribution >= 0.6 is 0 Å². The lowest BCUT2D eigenvalue weighted by Crippen LogP contribution is -2.31. The molecule has 0 aliphatic rings. The summed E-state index contributed by atoms with van der Waals surface area (Å²) >= 11 is 0. The van der Waals surface area contributed by atoms with Crippen LogP contribution in [-0.4, -0.2) is 37.4 Å². The molecule has 0 fully saturated rings. The van der Waals surface area contributed by atoms with E-state index >= 15 is 0 Å². The minimum Gasteiger partial charge on any atom is -0.340 e. The highest BCUT2D eigenvalue weighted by atomic mass is 19.3. The minimum absolute atomic E-state index is 0.215. The van der Waals surface area contributed by atoms with Gasteiger partial charge in [0.25, 0.3) is 6.43 Å². The molecule has 0 radical (unpaired) electrons. The number of alkyl halides is 2. The van der Waals surface area contributed by atoms with Gasteiger partial charge in [-0.05, 0) is 31.2 Å². The van der Waals surface area contributed by atoms with Crippen LogP contribution in [-0.2, 0) is 4.79 Å². The van der Waals surface area contributed by atoms with Crippen molar-refractivity contribution >= 4 is 5.91 Å². The zero-order valence-electron chi connectivity index (χ0n) is 11.0. The summed E-state index contributed by atoms with van der Waals surface area (Å²) in [6.45, 7) is 4.30. The highest BCUT2D eigenvalue weighted by Gasteiger charge is 2.18. The van der Waals surface area contributed by atoms with Crippen molar-refractivity contribution in [1.29, 1.82) is 0 Å². The maximum Gasteiger partial charge on any atom is 0.255 e. The van der Waals surface area contributed by atoms with Crippen molar-refractivity contribution in [3.63, 3.8) is 0 Å². The number of amides is 1. The molecule has 1 amide bonds. The molecule has 0 spiro atoms. The van der Waals surface area contributed by atoms with Gasteiger partial charge in [0.1, 0.15) is 0 Å². The monoisotopic (exact) mass is 250 g/mol. The molecule has 17 heavy (non-hydrogen) atoms. The Labute approximate surface area is 102 Å². The highest BCUT2D eigenvalue weighted by Crippen LogP contribution is 2.20. The molecule has 0 aromatic heterocycles. The third-order valence-corrected chi connectivity index (χ3v) is 3.05. The second-order valence-electron chi connectivity index (χ2n) is 4.79. The fourth-order valence-corrected chi connectivity index (χ4v) is 1.83. The first-order valence-electron chi connectivity index (χ1n) is 6.10. The molecule has 1 unspecified atom stereocenters. The lowest BCUT2D eigenvalue weighted by molar-refractivity contribution is -0.132. The van der Waals surface area contributed by atoms with Crippen molar-refractivity contribution in [2.24, 2.45) is 17.6 Å². The highest BCUT2D eigenvalue weighted by molar-refractivity contribution is 5.75. The van der Waals surface area contributed by atoms with Gasteiger partial charge in [0.15, 0.2) is 0 Å². The van der Waals surface area contributed by atoms with Crippen molar-refractivity contribution in [1.82, 2.24) is 4.90 Å². The Hall–Kier alpha value is -0.710. The van der Waals surface area contributed by atoms with Crippen LogP contribution in [0.2, 0.25) is 0 Å². The number of rotatable bonds is 8. The Kier molecular flexibility index (Phi) is 8.04. The zero-order valence-corrected chi connectivity index (χ0v) is 11.0. The lowest BCUT2D eigenvalue weighted by Gasteiger charge is -2.22. The summed E-state index contributed by atoms with van der Waals surface area (Å²) in [5.74, 6) is 0.642. The van der Waals surface area contributed by atoms with Crippen LogP contribution in [0.25, 0.3) is 0 Å². The van der Waals surface area contributed by atoms with Gasteiger partial charge in [-0.2, -0.15) is 0 Å². The van der Waals surface area contributed by atoms with Crippen LogP contribution in [0.3, 0.4) is 0 Å². The van der Waals surface area contributed by atoms with E-state index in [2.05, 4.69) is 13.8 Å². The van der Waals surface area contributed by atoms with E-state index in [4.69, 9.17) is 5.73 Å². The van der Waals surface area contributed by atoms with E-state index in [1.54, 1.807) is 0 Å². The van der Waals surface area contributed by atoms with Crippen LogP contribution in [0.1, 0.15) is 33.1 Å². The first-order valence-corrected chi connectivity index (χ1v) is 6.10. The molecule has 5 heteroatoms. The molecule has 0 aromatic rings. The Morgan fingerprint density at radius 1 is 1.29 bits per heavy atom. The summed E-state index contributed by atoms with van der Waals surface area (Å²) in [5, 5.41) is 0. The molecule has 0 rings (SSSR count). The summed E-state index contributed by atoms with van der Waals surface area (Å²) in [6.07, 6.45) is -0.537. The standard InChI is InChI=1S/C12H24F2N2O/c1-9(2)10(6-7-15)4-5-12(17)16(3)8-11(13)14/h9-11H,4-8,15H2,1-3H3. The first kappa shape index (κ1) is 16.3. The molecule has 102 valence electrons. The molecule has 0 bridgehead atoms. The second kappa shape index (κ2) is 8.39. The number of nitrogens with zero attached hydrogens (tertiary/aromatic N) is 1.